The van der Waals surface area contributed by atoms with Gasteiger partial charge in [-0.3, -0.25) is 9.59 Å². The molecule has 1 atom stereocenters. The molecule has 1 aromatic heterocycles. The predicted octanol–water partition coefficient (Wildman–Crippen LogP) is 5.48. The van der Waals surface area contributed by atoms with Crippen LogP contribution in [-0.4, -0.2) is 31.7 Å². The number of benzene rings is 1. The minimum atomic E-state index is -3.91. The molecule has 10 heteroatoms. The van der Waals surface area contributed by atoms with E-state index in [2.05, 4.69) is 19.4 Å². The maximum Gasteiger partial charge on any atom is 0.365 e. The molecule has 2 saturated carbocycles. The molecule has 4 aliphatic rings. The number of hydrogen-bond acceptors (Lipinski definition) is 6. The summed E-state index contributed by atoms with van der Waals surface area (Å²) >= 11 is 1.55. The van der Waals surface area contributed by atoms with E-state index in [9.17, 15) is 18.0 Å². The van der Waals surface area contributed by atoms with Crippen molar-refractivity contribution >= 4 is 55.5 Å². The summed E-state index contributed by atoms with van der Waals surface area (Å²) in [6, 6.07) is 7.67. The van der Waals surface area contributed by atoms with E-state index in [1.165, 1.54) is 12.8 Å². The van der Waals surface area contributed by atoms with Crippen molar-refractivity contribution in [2.75, 3.05) is 10.6 Å². The summed E-state index contributed by atoms with van der Waals surface area (Å²) < 4.78 is 32.4. The minimum absolute atomic E-state index is 0.0185. The standard InChI is InChI=1S/C28H32N4O4S2/c1-16-2-10-20(11-3-16)29-26-22(31-38(35,36)32-26)15-18-7-13-24-21(14-18)25(23(33)12-6-17-4-5-17)28(37-24)30-27(34)19-8-9-19/h2-3,10-11,17-19H,4-9,12-15H2,1H3,(H,29,32)(H,30,34). The van der Waals surface area contributed by atoms with Gasteiger partial charge < -0.3 is 10.6 Å². The Balaban J connectivity index is 1.22. The van der Waals surface area contributed by atoms with E-state index in [4.69, 9.17) is 0 Å². The van der Waals surface area contributed by atoms with Crippen LogP contribution in [-0.2, 0) is 27.8 Å². The zero-order valence-electron chi connectivity index (χ0n) is 21.5. The number of ketones is 1. The smallest absolute Gasteiger partial charge is 0.338 e. The number of rotatable bonds is 9. The molecule has 2 aromatic rings. The van der Waals surface area contributed by atoms with Crippen molar-refractivity contribution < 1.29 is 18.0 Å². The van der Waals surface area contributed by atoms with E-state index < -0.39 is 10.2 Å². The highest BCUT2D eigenvalue weighted by atomic mass is 32.2. The van der Waals surface area contributed by atoms with Gasteiger partial charge in [-0.15, -0.1) is 20.1 Å². The van der Waals surface area contributed by atoms with Crippen molar-refractivity contribution in [3.05, 3.63) is 45.8 Å². The maximum atomic E-state index is 13.4. The predicted molar refractivity (Wildman–Crippen MR) is 151 cm³/mol. The first-order valence-electron chi connectivity index (χ1n) is 13.5. The monoisotopic (exact) mass is 552 g/mol. The van der Waals surface area contributed by atoms with Gasteiger partial charge in [-0.05, 0) is 81.4 Å². The van der Waals surface area contributed by atoms with Crippen molar-refractivity contribution in [3.63, 3.8) is 0 Å². The molecule has 3 aliphatic carbocycles. The normalized spacial score (nSPS) is 21.9. The van der Waals surface area contributed by atoms with Crippen LogP contribution in [0, 0.1) is 24.7 Å². The Labute approximate surface area is 227 Å². The summed E-state index contributed by atoms with van der Waals surface area (Å²) in [4.78, 5) is 27.2. The van der Waals surface area contributed by atoms with E-state index in [1.54, 1.807) is 11.3 Å². The van der Waals surface area contributed by atoms with Gasteiger partial charge in [0.1, 0.15) is 5.00 Å². The number of anilines is 2. The van der Waals surface area contributed by atoms with Gasteiger partial charge in [-0.2, -0.15) is 8.42 Å². The second kappa shape index (κ2) is 10.0. The number of carbonyl (C=O) groups excluding carboxylic acids is 2. The van der Waals surface area contributed by atoms with E-state index in [0.717, 1.165) is 53.8 Å². The van der Waals surface area contributed by atoms with Gasteiger partial charge in [-0.1, -0.05) is 30.5 Å². The molecule has 38 heavy (non-hydrogen) atoms. The number of amidine groups is 1. The molecule has 1 amide bonds. The van der Waals surface area contributed by atoms with Gasteiger partial charge in [0.2, 0.25) is 5.91 Å². The third-order valence-electron chi connectivity index (χ3n) is 7.81. The van der Waals surface area contributed by atoms with Crippen molar-refractivity contribution in [1.82, 2.24) is 0 Å². The third kappa shape index (κ3) is 5.76. The van der Waals surface area contributed by atoms with E-state index >= 15 is 0 Å². The first-order valence-corrected chi connectivity index (χ1v) is 15.7. The zero-order valence-corrected chi connectivity index (χ0v) is 23.1. The Morgan fingerprint density at radius 2 is 1.79 bits per heavy atom. The molecule has 200 valence electrons. The van der Waals surface area contributed by atoms with Gasteiger partial charge in [0.05, 0.1) is 11.3 Å². The fraction of sp³-hybridized carbons (Fsp3) is 0.500. The lowest BCUT2D eigenvalue weighted by atomic mass is 9.82. The average Bonchev–Trinajstić information content (AvgIpc) is 3.79. The Morgan fingerprint density at radius 3 is 2.50 bits per heavy atom. The highest BCUT2D eigenvalue weighted by Crippen LogP contribution is 2.43. The van der Waals surface area contributed by atoms with Crippen LogP contribution in [0.5, 0.6) is 0 Å². The van der Waals surface area contributed by atoms with Crippen LogP contribution in [0.2, 0.25) is 0 Å². The van der Waals surface area contributed by atoms with Crippen LogP contribution in [0.1, 0.15) is 77.7 Å². The van der Waals surface area contributed by atoms with Gasteiger partial charge in [-0.25, -0.2) is 0 Å². The summed E-state index contributed by atoms with van der Waals surface area (Å²) in [5.74, 6) is 1.25. The molecule has 0 bridgehead atoms. The lowest BCUT2D eigenvalue weighted by Gasteiger charge is -2.23. The SMILES string of the molecule is Cc1ccc(NC2=NS(=O)(=O)N=C2CC2CCc3sc(NC(=O)C4CC4)c(C(=O)CCC4CC4)c3C2)cc1. The van der Waals surface area contributed by atoms with E-state index in [1.807, 2.05) is 31.2 Å². The number of nitrogens with zero attached hydrogens (tertiary/aromatic N) is 2. The molecule has 8 nitrogen and oxygen atoms in total. The number of Topliss-reactive ketones (excluding diaryl/α,β-unsaturated/α-hetero) is 1. The van der Waals surface area contributed by atoms with Gasteiger partial charge >= 0.3 is 10.2 Å². The molecule has 0 spiro atoms. The topological polar surface area (TPSA) is 117 Å². The van der Waals surface area contributed by atoms with Crippen LogP contribution in [0.4, 0.5) is 10.7 Å². The Bertz CT molecular complexity index is 1450. The fourth-order valence-electron chi connectivity index (χ4n) is 5.29. The first kappa shape index (κ1) is 25.4. The molecule has 2 heterocycles. The Kier molecular flexibility index (Phi) is 6.72. The van der Waals surface area contributed by atoms with E-state index in [-0.39, 0.29) is 29.4 Å². The summed E-state index contributed by atoms with van der Waals surface area (Å²) in [6.07, 6.45) is 8.40. The molecular formula is C28H32N4O4S2. The van der Waals surface area contributed by atoms with Gasteiger partial charge in [0.25, 0.3) is 0 Å². The lowest BCUT2D eigenvalue weighted by Crippen LogP contribution is -2.26. The quantitative estimate of drug-likeness (QED) is 0.399. The van der Waals surface area contributed by atoms with Crippen LogP contribution >= 0.6 is 11.3 Å². The number of nitrogens with one attached hydrogen (secondary N) is 2. The fourth-order valence-corrected chi connectivity index (χ4v) is 7.41. The summed E-state index contributed by atoms with van der Waals surface area (Å²) in [5, 5.41) is 6.91. The molecule has 1 unspecified atom stereocenters. The summed E-state index contributed by atoms with van der Waals surface area (Å²) in [6.45, 7) is 1.99. The highest BCUT2D eigenvalue weighted by molar-refractivity contribution is 7.89. The highest BCUT2D eigenvalue weighted by Gasteiger charge is 2.35. The number of carbonyl (C=O) groups is 2. The van der Waals surface area contributed by atoms with Crippen molar-refractivity contribution in [2.24, 2.45) is 26.5 Å². The second-order valence-electron chi connectivity index (χ2n) is 11.1. The second-order valence-corrected chi connectivity index (χ2v) is 13.5. The van der Waals surface area contributed by atoms with Crippen molar-refractivity contribution in [1.29, 1.82) is 0 Å². The molecule has 2 fully saturated rings. The zero-order chi connectivity index (χ0) is 26.4. The van der Waals surface area contributed by atoms with Gasteiger partial charge in [0, 0.05) is 22.9 Å². The largest absolute Gasteiger partial charge is 0.365 e. The summed E-state index contributed by atoms with van der Waals surface area (Å²) in [7, 11) is -3.91. The number of fused-ring (bicyclic) bond motifs is 1. The van der Waals surface area contributed by atoms with Crippen LogP contribution in [0.25, 0.3) is 0 Å². The molecule has 1 aromatic carbocycles. The number of aryl methyl sites for hydroxylation is 2. The number of amides is 1. The maximum absolute atomic E-state index is 13.4. The van der Waals surface area contributed by atoms with Crippen LogP contribution in [0.3, 0.4) is 0 Å². The molecule has 0 saturated heterocycles. The third-order valence-corrected chi connectivity index (χ3v) is 9.88. The minimum Gasteiger partial charge on any atom is -0.338 e. The molecular weight excluding hydrogens is 520 g/mol. The van der Waals surface area contributed by atoms with Crippen molar-refractivity contribution in [2.45, 2.75) is 71.1 Å². The van der Waals surface area contributed by atoms with Gasteiger partial charge in [0.15, 0.2) is 11.6 Å². The van der Waals surface area contributed by atoms with Crippen molar-refractivity contribution in [3.8, 4) is 0 Å². The van der Waals surface area contributed by atoms with Crippen LogP contribution in [0.15, 0.2) is 33.1 Å². The molecule has 6 rings (SSSR count). The average molecular weight is 553 g/mol. The lowest BCUT2D eigenvalue weighted by molar-refractivity contribution is -0.117. The van der Waals surface area contributed by atoms with Crippen LogP contribution < -0.4 is 10.6 Å². The summed E-state index contributed by atoms with van der Waals surface area (Å²) in [5.41, 5.74) is 4.01. The molecule has 0 radical (unpaired) electrons. The number of hydrogen-bond donors (Lipinski definition) is 2. The number of thiophene rings is 1. The van der Waals surface area contributed by atoms with E-state index in [0.29, 0.717) is 41.5 Å². The molecule has 1 aliphatic heterocycles. The molecule has 2 N–H and O–H groups in total. The first-order chi connectivity index (χ1) is 18.2. The Morgan fingerprint density at radius 1 is 1.03 bits per heavy atom. The Hall–Kier alpha value is -2.85.